The Labute approximate surface area is 868 Å². The minimum atomic E-state index is 1.16. The molecule has 702 valence electrons. The first-order chi connectivity index (χ1) is 74.6. The number of hydrogen-bond donors (Lipinski definition) is 0. The van der Waals surface area contributed by atoms with Crippen molar-refractivity contribution in [1.82, 2.24) is 27.4 Å². The predicted molar refractivity (Wildman–Crippen MR) is 634 cm³/mol. The fourth-order valence-electron chi connectivity index (χ4n) is 24.1. The molecule has 0 N–H and O–H groups in total. The lowest BCUT2D eigenvalue weighted by Gasteiger charge is -2.18. The van der Waals surface area contributed by atoms with Gasteiger partial charge in [0.2, 0.25) is 0 Å². The molecule has 30 aromatic rings. The Morgan fingerprint density at radius 2 is 0.320 bits per heavy atom. The van der Waals surface area contributed by atoms with E-state index in [9.17, 15) is 0 Å². The number of para-hydroxylation sites is 9. The van der Waals surface area contributed by atoms with Crippen LogP contribution < -0.4 is 0 Å². The highest BCUT2D eigenvalue weighted by Gasteiger charge is 2.29. The van der Waals surface area contributed by atoms with E-state index in [1.54, 1.807) is 0 Å². The number of rotatable bonds is 15. The SMILES string of the molecule is c1ccc(-c2ccc(-c3ccccc3)c(-n3c4ccccc4c4c(-c5cccc6c5c5ccccc5n6-c5ccccc5)cccc43)c2)cc1.c1ccc(-c2ccc(-n3c4ccccc4c4c(-c5cccc6c5c5ccccc5n6-c5ccccc5)cccc43)c(-c3ccccc3)c2)cc1.c1ccc(-c2cccc(-n3c4ccccc4c4c(-c5cccc6c5c5ccccc5n6-c5ccccc5)cccc43)c2-c2ccccc2)cc1. The fourth-order valence-corrected chi connectivity index (χ4v) is 24.1. The Bertz CT molecular complexity index is 10100. The van der Waals surface area contributed by atoms with Crippen LogP contribution in [0.2, 0.25) is 0 Å². The van der Waals surface area contributed by atoms with Crippen molar-refractivity contribution in [1.29, 1.82) is 0 Å². The van der Waals surface area contributed by atoms with Gasteiger partial charge in [-0.05, 0) is 217 Å². The Kier molecular flexibility index (Phi) is 21.9. The lowest BCUT2D eigenvalue weighted by atomic mass is 9.92. The quantitative estimate of drug-likeness (QED) is 0.0979. The average Bonchev–Trinajstić information content (AvgIpc) is 1.56. The molecule has 0 aliphatic rings. The van der Waals surface area contributed by atoms with Crippen LogP contribution in [0.1, 0.15) is 0 Å². The van der Waals surface area contributed by atoms with E-state index in [1.165, 1.54) is 242 Å². The maximum Gasteiger partial charge on any atom is 0.0547 e. The molecule has 30 rings (SSSR count). The van der Waals surface area contributed by atoms with E-state index in [4.69, 9.17) is 0 Å². The maximum absolute atomic E-state index is 2.48. The first-order valence-electron chi connectivity index (χ1n) is 51.6. The zero-order valence-corrected chi connectivity index (χ0v) is 82.1. The molecule has 0 radical (unpaired) electrons. The number of benzene rings is 24. The van der Waals surface area contributed by atoms with Gasteiger partial charge in [0, 0.05) is 98.4 Å². The molecule has 0 spiro atoms. The summed E-state index contributed by atoms with van der Waals surface area (Å²) >= 11 is 0. The summed E-state index contributed by atoms with van der Waals surface area (Å²) in [6.45, 7) is 0. The first kappa shape index (κ1) is 87.8. The van der Waals surface area contributed by atoms with Crippen molar-refractivity contribution in [3.05, 3.63) is 582 Å². The van der Waals surface area contributed by atoms with Crippen LogP contribution in [0.5, 0.6) is 0 Å². The third-order valence-corrected chi connectivity index (χ3v) is 30.4. The summed E-state index contributed by atoms with van der Waals surface area (Å²) in [6.07, 6.45) is 0. The molecule has 0 amide bonds. The molecule has 6 aromatic heterocycles. The monoisotopic (exact) mass is 1910 g/mol. The zero-order valence-electron chi connectivity index (χ0n) is 82.1. The van der Waals surface area contributed by atoms with Crippen LogP contribution in [0.25, 0.3) is 265 Å². The molecule has 0 saturated carbocycles. The van der Waals surface area contributed by atoms with Crippen molar-refractivity contribution < 1.29 is 0 Å². The predicted octanol–water partition coefficient (Wildman–Crippen LogP) is 38.6. The van der Waals surface area contributed by atoms with Crippen LogP contribution in [0, 0.1) is 0 Å². The molecule has 0 unspecified atom stereocenters. The molecule has 0 aliphatic carbocycles. The second-order valence-electron chi connectivity index (χ2n) is 38.7. The average molecular weight is 1910 g/mol. The Balaban J connectivity index is 0.000000108. The number of fused-ring (bicyclic) bond motifs is 18. The van der Waals surface area contributed by atoms with E-state index in [-0.39, 0.29) is 0 Å². The normalized spacial score (nSPS) is 11.6. The van der Waals surface area contributed by atoms with Crippen molar-refractivity contribution in [3.8, 4) is 134 Å². The van der Waals surface area contributed by atoms with Crippen molar-refractivity contribution in [2.45, 2.75) is 0 Å². The lowest BCUT2D eigenvalue weighted by molar-refractivity contribution is 1.18. The fraction of sp³-hybridized carbons (Fsp3) is 0. The van der Waals surface area contributed by atoms with E-state index in [2.05, 4.69) is 610 Å². The minimum Gasteiger partial charge on any atom is -0.309 e. The Morgan fingerprint density at radius 3 is 0.647 bits per heavy atom. The van der Waals surface area contributed by atoms with Gasteiger partial charge in [0.05, 0.1) is 83.3 Å². The largest absolute Gasteiger partial charge is 0.309 e. The van der Waals surface area contributed by atoms with Gasteiger partial charge in [0.15, 0.2) is 0 Å². The summed E-state index contributed by atoms with van der Waals surface area (Å²) < 4.78 is 14.6. The molecule has 0 bridgehead atoms. The molecule has 150 heavy (non-hydrogen) atoms. The molecule has 6 heterocycles. The molecular weight excluding hydrogens is 1810 g/mol. The summed E-state index contributed by atoms with van der Waals surface area (Å²) in [5, 5.41) is 15.1. The highest BCUT2D eigenvalue weighted by Crippen LogP contribution is 2.52. The molecule has 24 aromatic carbocycles. The molecule has 0 saturated heterocycles. The van der Waals surface area contributed by atoms with E-state index in [0.717, 1.165) is 22.7 Å². The molecule has 0 aliphatic heterocycles. The van der Waals surface area contributed by atoms with Gasteiger partial charge < -0.3 is 27.4 Å². The highest BCUT2D eigenvalue weighted by molar-refractivity contribution is 6.27. The minimum absolute atomic E-state index is 1.16. The lowest BCUT2D eigenvalue weighted by Crippen LogP contribution is -1.99. The van der Waals surface area contributed by atoms with Gasteiger partial charge in [-0.15, -0.1) is 0 Å². The molecule has 6 heteroatoms. The van der Waals surface area contributed by atoms with Gasteiger partial charge in [0.1, 0.15) is 0 Å². The molecular formula is C144H96N6. The highest BCUT2D eigenvalue weighted by atomic mass is 15.0. The van der Waals surface area contributed by atoms with Crippen molar-refractivity contribution in [2.75, 3.05) is 0 Å². The summed E-state index contributed by atoms with van der Waals surface area (Å²) in [6, 6.07) is 211. The van der Waals surface area contributed by atoms with Gasteiger partial charge in [-0.25, -0.2) is 0 Å². The van der Waals surface area contributed by atoms with Crippen LogP contribution >= 0.6 is 0 Å². The third kappa shape index (κ3) is 14.8. The number of hydrogen-bond acceptors (Lipinski definition) is 0. The van der Waals surface area contributed by atoms with Crippen LogP contribution in [0.4, 0.5) is 0 Å². The van der Waals surface area contributed by atoms with E-state index >= 15 is 0 Å². The standard InChI is InChI=1S/3C48H32N2/c1-4-17-33(18-5-1)36-25-14-30-43(46(36)34-19-6-2-7-20-34)50-42-29-13-11-24-40(42)48-38(27-16-32-45(48)50)37-26-15-31-44-47(37)39-23-10-12-28-41(39)49(44)35-21-8-3-9-22-35;1-4-16-33(17-5-1)35-30-31-37(34-18-6-2-7-19-34)46(32-35)50-43-27-13-11-23-41(43)48-39(25-15-29-45(48)50)38-24-14-28-44-47(38)40-22-10-12-26-42(40)49(44)36-20-8-3-9-21-36;1-4-16-33(17-5-1)35-30-31-44(41(32-35)34-18-6-2-7-19-34)50-43-27-13-11-23-40(43)48-38(25-15-29-46(48)50)37-24-14-28-45-47(37)39-22-10-12-26-42(39)49(45)36-20-8-3-9-21-36/h3*1-32H. The van der Waals surface area contributed by atoms with Gasteiger partial charge in [0.25, 0.3) is 0 Å². The number of nitrogens with zero attached hydrogens (tertiary/aromatic N) is 6. The van der Waals surface area contributed by atoms with E-state index in [0.29, 0.717) is 0 Å². The van der Waals surface area contributed by atoms with Crippen molar-refractivity contribution in [3.63, 3.8) is 0 Å². The van der Waals surface area contributed by atoms with Gasteiger partial charge in [-0.1, -0.05) is 449 Å². The summed E-state index contributed by atoms with van der Waals surface area (Å²) in [7, 11) is 0. The zero-order chi connectivity index (χ0) is 99.1. The van der Waals surface area contributed by atoms with Crippen molar-refractivity contribution in [2.24, 2.45) is 0 Å². The topological polar surface area (TPSA) is 29.6 Å². The molecule has 6 nitrogen and oxygen atoms in total. The van der Waals surface area contributed by atoms with Crippen LogP contribution in [-0.4, -0.2) is 27.4 Å². The molecule has 0 fully saturated rings. The number of aromatic nitrogens is 6. The second kappa shape index (κ2) is 37.4. The summed E-state index contributed by atoms with van der Waals surface area (Å²) in [5.74, 6) is 0. The van der Waals surface area contributed by atoms with Gasteiger partial charge >= 0.3 is 0 Å². The van der Waals surface area contributed by atoms with Gasteiger partial charge in [-0.3, -0.25) is 0 Å². The maximum atomic E-state index is 2.48. The Morgan fingerprint density at radius 1 is 0.100 bits per heavy atom. The van der Waals surface area contributed by atoms with Crippen molar-refractivity contribution >= 4 is 131 Å². The first-order valence-corrected chi connectivity index (χ1v) is 51.6. The van der Waals surface area contributed by atoms with Gasteiger partial charge in [-0.2, -0.15) is 0 Å². The van der Waals surface area contributed by atoms with Crippen LogP contribution in [0.3, 0.4) is 0 Å². The summed E-state index contributed by atoms with van der Waals surface area (Å²) in [5.41, 5.74) is 43.3. The van der Waals surface area contributed by atoms with E-state index < -0.39 is 0 Å². The van der Waals surface area contributed by atoms with E-state index in [1.807, 2.05) is 0 Å². The Hall–Kier alpha value is -19.9. The smallest absolute Gasteiger partial charge is 0.0547 e. The molecule has 0 atom stereocenters. The second-order valence-corrected chi connectivity index (χ2v) is 38.7. The van der Waals surface area contributed by atoms with Crippen LogP contribution in [0.15, 0.2) is 582 Å². The summed E-state index contributed by atoms with van der Waals surface area (Å²) in [4.78, 5) is 0. The third-order valence-electron chi connectivity index (χ3n) is 30.4. The van der Waals surface area contributed by atoms with Crippen LogP contribution in [-0.2, 0) is 0 Å².